The van der Waals surface area contributed by atoms with Crippen molar-refractivity contribution in [3.63, 3.8) is 0 Å². The number of benzene rings is 2. The van der Waals surface area contributed by atoms with E-state index in [9.17, 15) is 9.59 Å². The highest BCUT2D eigenvalue weighted by Crippen LogP contribution is 2.40. The van der Waals surface area contributed by atoms with Crippen molar-refractivity contribution >= 4 is 23.1 Å². The summed E-state index contributed by atoms with van der Waals surface area (Å²) in [7, 11) is 1.97. The summed E-state index contributed by atoms with van der Waals surface area (Å²) in [5, 5.41) is 0. The number of Topliss-reactive ketones (excluding diaryl/α,β-unsaturated/α-hetero) is 1. The molecule has 3 heterocycles. The molecule has 1 amide bonds. The van der Waals surface area contributed by atoms with Gasteiger partial charge in [-0.2, -0.15) is 0 Å². The van der Waals surface area contributed by atoms with Crippen molar-refractivity contribution in [1.29, 1.82) is 0 Å². The van der Waals surface area contributed by atoms with Gasteiger partial charge in [0.05, 0.1) is 17.9 Å². The van der Waals surface area contributed by atoms with Gasteiger partial charge in [0.1, 0.15) is 13.2 Å². The number of anilines is 2. The normalized spacial score (nSPS) is 18.0. The first-order valence-electron chi connectivity index (χ1n) is 10.9. The first-order chi connectivity index (χ1) is 15.1. The third kappa shape index (κ3) is 3.74. The minimum atomic E-state index is -0.506. The van der Waals surface area contributed by atoms with Crippen LogP contribution < -0.4 is 19.3 Å². The number of ketones is 1. The molecule has 0 unspecified atom stereocenters. The number of carbonyl (C=O) groups excluding carboxylic acids is 2. The highest BCUT2D eigenvalue weighted by molar-refractivity contribution is 6.52. The predicted octanol–water partition coefficient (Wildman–Crippen LogP) is 3.07. The molecule has 5 rings (SSSR count). The molecule has 0 saturated carbocycles. The van der Waals surface area contributed by atoms with Crippen LogP contribution in [-0.2, 0) is 11.3 Å². The van der Waals surface area contributed by atoms with Gasteiger partial charge >= 0.3 is 5.91 Å². The number of fused-ring (bicyclic) bond motifs is 2. The number of rotatable bonds is 5. The summed E-state index contributed by atoms with van der Waals surface area (Å²) in [6, 6.07) is 11.8. The molecule has 7 heteroatoms. The molecule has 0 radical (unpaired) electrons. The van der Waals surface area contributed by atoms with Crippen molar-refractivity contribution in [3.05, 3.63) is 47.5 Å². The zero-order valence-corrected chi connectivity index (χ0v) is 17.8. The number of hydrogen-bond acceptors (Lipinski definition) is 6. The van der Waals surface area contributed by atoms with Crippen molar-refractivity contribution in [2.75, 3.05) is 49.8 Å². The molecule has 0 bridgehead atoms. The first kappa shape index (κ1) is 19.9. The summed E-state index contributed by atoms with van der Waals surface area (Å²) in [4.78, 5) is 31.4. The molecule has 2 aromatic rings. The van der Waals surface area contributed by atoms with Crippen LogP contribution in [0.2, 0.25) is 0 Å². The summed E-state index contributed by atoms with van der Waals surface area (Å²) in [5.41, 5.74) is 3.47. The molecule has 0 aliphatic carbocycles. The van der Waals surface area contributed by atoms with Gasteiger partial charge in [0.25, 0.3) is 5.78 Å². The lowest BCUT2D eigenvalue weighted by Gasteiger charge is -2.32. The standard InChI is InChI=1S/C24H27N3O4/c1-25(15-17-7-3-4-8-19(17)26-9-5-2-6-10-26)16-27-20-14-22-21(30-11-12-31-22)13-18(20)23(28)24(27)29/h3-4,7-8,13-14H,2,5-6,9-12,15-16H2,1H3. The Morgan fingerprint density at radius 2 is 1.65 bits per heavy atom. The minimum absolute atomic E-state index is 0.325. The quantitative estimate of drug-likeness (QED) is 0.692. The Balaban J connectivity index is 1.36. The molecule has 0 atom stereocenters. The van der Waals surface area contributed by atoms with Crippen LogP contribution in [0.1, 0.15) is 35.2 Å². The number of nitrogens with zero attached hydrogens (tertiary/aromatic N) is 3. The van der Waals surface area contributed by atoms with Crippen LogP contribution in [0.3, 0.4) is 0 Å². The number of amides is 1. The average Bonchev–Trinajstić information content (AvgIpc) is 3.03. The molecule has 3 aliphatic rings. The van der Waals surface area contributed by atoms with Gasteiger partial charge < -0.3 is 14.4 Å². The Bertz CT molecular complexity index is 1020. The Labute approximate surface area is 182 Å². The SMILES string of the molecule is CN(Cc1ccccc1N1CCCCC1)CN1C(=O)C(=O)c2cc3c(cc21)OCCO3. The smallest absolute Gasteiger partial charge is 0.300 e. The van der Waals surface area contributed by atoms with Crippen molar-refractivity contribution in [2.24, 2.45) is 0 Å². The molecule has 0 spiro atoms. The maximum absolute atomic E-state index is 12.7. The molecule has 3 aliphatic heterocycles. The van der Waals surface area contributed by atoms with E-state index in [-0.39, 0.29) is 0 Å². The summed E-state index contributed by atoms with van der Waals surface area (Å²) in [6.07, 6.45) is 3.74. The van der Waals surface area contributed by atoms with Crippen LogP contribution in [0, 0.1) is 0 Å². The van der Waals surface area contributed by atoms with E-state index >= 15 is 0 Å². The van der Waals surface area contributed by atoms with Crippen LogP contribution in [-0.4, -0.2) is 56.6 Å². The van der Waals surface area contributed by atoms with Gasteiger partial charge in [-0.1, -0.05) is 18.2 Å². The summed E-state index contributed by atoms with van der Waals surface area (Å²) < 4.78 is 11.2. The number of hydrogen-bond donors (Lipinski definition) is 0. The molecule has 7 nitrogen and oxygen atoms in total. The van der Waals surface area contributed by atoms with Gasteiger partial charge in [0.2, 0.25) is 0 Å². The molecule has 1 saturated heterocycles. The molecule has 2 aromatic carbocycles. The topological polar surface area (TPSA) is 62.3 Å². The monoisotopic (exact) mass is 421 g/mol. The fourth-order valence-electron chi connectivity index (χ4n) is 4.64. The lowest BCUT2D eigenvalue weighted by molar-refractivity contribution is -0.114. The van der Waals surface area contributed by atoms with E-state index in [0.29, 0.717) is 49.2 Å². The van der Waals surface area contributed by atoms with Crippen molar-refractivity contribution < 1.29 is 19.1 Å². The number of piperidine rings is 1. The Morgan fingerprint density at radius 3 is 2.42 bits per heavy atom. The first-order valence-corrected chi connectivity index (χ1v) is 10.9. The predicted molar refractivity (Wildman–Crippen MR) is 118 cm³/mol. The van der Waals surface area contributed by atoms with E-state index in [2.05, 4.69) is 34.1 Å². The van der Waals surface area contributed by atoms with E-state index in [4.69, 9.17) is 9.47 Å². The lowest BCUT2D eigenvalue weighted by atomic mass is 10.1. The third-order valence-corrected chi connectivity index (χ3v) is 6.15. The highest BCUT2D eigenvalue weighted by atomic mass is 16.6. The van der Waals surface area contributed by atoms with Gasteiger partial charge in [0.15, 0.2) is 11.5 Å². The second kappa shape index (κ2) is 8.23. The summed E-state index contributed by atoms with van der Waals surface area (Å²) in [6.45, 7) is 4.08. The van der Waals surface area contributed by atoms with E-state index in [1.807, 2.05) is 7.05 Å². The third-order valence-electron chi connectivity index (χ3n) is 6.15. The van der Waals surface area contributed by atoms with Gasteiger partial charge in [-0.3, -0.25) is 19.4 Å². The van der Waals surface area contributed by atoms with E-state index in [1.165, 1.54) is 30.5 Å². The molecular formula is C24H27N3O4. The molecule has 1 fully saturated rings. The Hall–Kier alpha value is -3.06. The second-order valence-corrected chi connectivity index (χ2v) is 8.41. The Morgan fingerprint density at radius 1 is 0.935 bits per heavy atom. The zero-order chi connectivity index (χ0) is 21.4. The van der Waals surface area contributed by atoms with Crippen molar-refractivity contribution in [1.82, 2.24) is 4.90 Å². The summed E-state index contributed by atoms with van der Waals surface area (Å²) >= 11 is 0. The van der Waals surface area contributed by atoms with Crippen LogP contribution in [0.15, 0.2) is 36.4 Å². The van der Waals surface area contributed by atoms with Gasteiger partial charge in [-0.25, -0.2) is 0 Å². The molecule has 31 heavy (non-hydrogen) atoms. The largest absolute Gasteiger partial charge is 0.486 e. The van der Waals surface area contributed by atoms with Gasteiger partial charge in [-0.05, 0) is 44.0 Å². The summed E-state index contributed by atoms with van der Waals surface area (Å²) in [5.74, 6) is 0.106. The fourth-order valence-corrected chi connectivity index (χ4v) is 4.64. The second-order valence-electron chi connectivity index (χ2n) is 8.41. The lowest BCUT2D eigenvalue weighted by Crippen LogP contribution is -2.39. The molecular weight excluding hydrogens is 394 g/mol. The van der Waals surface area contributed by atoms with Gasteiger partial charge in [0, 0.05) is 31.4 Å². The fraction of sp³-hybridized carbons (Fsp3) is 0.417. The van der Waals surface area contributed by atoms with Crippen molar-refractivity contribution in [3.8, 4) is 11.5 Å². The maximum Gasteiger partial charge on any atom is 0.300 e. The van der Waals surface area contributed by atoms with Crippen LogP contribution in [0.5, 0.6) is 11.5 Å². The van der Waals surface area contributed by atoms with E-state index < -0.39 is 11.7 Å². The maximum atomic E-state index is 12.7. The van der Waals surface area contributed by atoms with E-state index in [1.54, 1.807) is 17.0 Å². The number of carbonyl (C=O) groups is 2. The average molecular weight is 421 g/mol. The van der Waals surface area contributed by atoms with Crippen LogP contribution in [0.25, 0.3) is 0 Å². The zero-order valence-electron chi connectivity index (χ0n) is 17.8. The highest BCUT2D eigenvalue weighted by Gasteiger charge is 2.38. The minimum Gasteiger partial charge on any atom is -0.486 e. The van der Waals surface area contributed by atoms with Crippen LogP contribution >= 0.6 is 0 Å². The van der Waals surface area contributed by atoms with Crippen LogP contribution in [0.4, 0.5) is 11.4 Å². The van der Waals surface area contributed by atoms with E-state index in [0.717, 1.165) is 13.1 Å². The van der Waals surface area contributed by atoms with Crippen molar-refractivity contribution in [2.45, 2.75) is 25.8 Å². The molecule has 0 N–H and O–H groups in total. The molecule has 0 aromatic heterocycles. The van der Waals surface area contributed by atoms with Gasteiger partial charge in [-0.15, -0.1) is 0 Å². The molecule has 162 valence electrons. The Kier molecular flexibility index (Phi) is 5.28. The number of ether oxygens (including phenoxy) is 2. The number of para-hydroxylation sites is 1.